The molecule has 0 saturated carbocycles. The molecule has 0 bridgehead atoms. The zero-order chi connectivity index (χ0) is 11.4. The molecule has 1 aromatic rings. The van der Waals surface area contributed by atoms with Crippen molar-refractivity contribution in [1.29, 1.82) is 0 Å². The molecule has 0 aromatic carbocycles. The van der Waals surface area contributed by atoms with Gasteiger partial charge in [-0.3, -0.25) is 9.98 Å². The Morgan fingerprint density at radius 1 is 1.56 bits per heavy atom. The number of aromatic nitrogens is 1. The van der Waals surface area contributed by atoms with Crippen LogP contribution in [0, 0.1) is 0 Å². The maximum atomic E-state index is 4.55. The average molecular weight is 235 g/mol. The molecule has 86 valence electrons. The molecule has 1 saturated heterocycles. The molecule has 1 N–H and O–H groups in total. The second-order valence-electron chi connectivity index (χ2n) is 4.60. The number of nitrogens with zero attached hydrogens (tertiary/aromatic N) is 2. The molecule has 0 spiro atoms. The van der Waals surface area contributed by atoms with Crippen molar-refractivity contribution in [2.45, 2.75) is 25.8 Å². The van der Waals surface area contributed by atoms with Crippen LogP contribution in [0.3, 0.4) is 0 Å². The fourth-order valence-corrected chi connectivity index (χ4v) is 2.63. The third-order valence-corrected chi connectivity index (χ3v) is 3.76. The van der Waals surface area contributed by atoms with Gasteiger partial charge in [-0.15, -0.1) is 0 Å². The summed E-state index contributed by atoms with van der Waals surface area (Å²) in [5.41, 5.74) is 1.44. The number of hydrogen-bond donors (Lipinski definition) is 1. The predicted molar refractivity (Wildman–Crippen MR) is 69.9 cm³/mol. The van der Waals surface area contributed by atoms with Crippen molar-refractivity contribution >= 4 is 16.9 Å². The van der Waals surface area contributed by atoms with Gasteiger partial charge in [-0.05, 0) is 31.9 Å². The van der Waals surface area contributed by atoms with Gasteiger partial charge in [-0.2, -0.15) is 0 Å². The Bertz CT molecular complexity index is 373. The van der Waals surface area contributed by atoms with Crippen molar-refractivity contribution in [3.8, 4) is 0 Å². The van der Waals surface area contributed by atoms with E-state index in [0.29, 0.717) is 0 Å². The number of hydrogen-bond acceptors (Lipinski definition) is 3. The van der Waals surface area contributed by atoms with Crippen molar-refractivity contribution in [2.75, 3.05) is 12.3 Å². The van der Waals surface area contributed by atoms with E-state index >= 15 is 0 Å². The van der Waals surface area contributed by atoms with E-state index < -0.39 is 0 Å². The van der Waals surface area contributed by atoms with E-state index in [1.165, 1.54) is 5.56 Å². The van der Waals surface area contributed by atoms with Crippen LogP contribution in [0.25, 0.3) is 0 Å². The minimum Gasteiger partial charge on any atom is -0.359 e. The lowest BCUT2D eigenvalue weighted by Crippen LogP contribution is -2.36. The minimum atomic E-state index is 0.192. The Kier molecular flexibility index (Phi) is 3.49. The van der Waals surface area contributed by atoms with Gasteiger partial charge in [-0.25, -0.2) is 0 Å². The summed E-state index contributed by atoms with van der Waals surface area (Å²) in [4.78, 5) is 8.64. The largest absolute Gasteiger partial charge is 0.359 e. The van der Waals surface area contributed by atoms with E-state index in [1.54, 1.807) is 6.20 Å². The Labute approximate surface area is 101 Å². The van der Waals surface area contributed by atoms with Crippen molar-refractivity contribution in [1.82, 2.24) is 10.3 Å². The summed E-state index contributed by atoms with van der Waals surface area (Å²) < 4.78 is 0. The molecule has 0 atom stereocenters. The van der Waals surface area contributed by atoms with E-state index in [9.17, 15) is 0 Å². The standard InChI is InChI=1S/C12H17N3S/c1-12(2)9-16-11(15-12)14-7-5-10-4-3-6-13-8-10/h3-4,6,8H,5,7,9H2,1-2H3,(H,14,15). The first-order chi connectivity index (χ1) is 7.66. The number of rotatable bonds is 3. The van der Waals surface area contributed by atoms with Gasteiger partial charge < -0.3 is 5.32 Å². The van der Waals surface area contributed by atoms with Gasteiger partial charge in [-0.1, -0.05) is 17.8 Å². The zero-order valence-electron chi connectivity index (χ0n) is 9.73. The van der Waals surface area contributed by atoms with Crippen LogP contribution in [0.15, 0.2) is 29.5 Å². The summed E-state index contributed by atoms with van der Waals surface area (Å²) in [6.45, 7) is 5.23. The van der Waals surface area contributed by atoms with Gasteiger partial charge in [0.05, 0.1) is 0 Å². The summed E-state index contributed by atoms with van der Waals surface area (Å²) >= 11 is 1.81. The molecular weight excluding hydrogens is 218 g/mol. The fraction of sp³-hybridized carbons (Fsp3) is 0.500. The number of amidine groups is 1. The minimum absolute atomic E-state index is 0.192. The predicted octanol–water partition coefficient (Wildman–Crippen LogP) is 2.10. The van der Waals surface area contributed by atoms with Crippen molar-refractivity contribution in [3.05, 3.63) is 30.1 Å². The summed E-state index contributed by atoms with van der Waals surface area (Å²) in [7, 11) is 0. The normalized spacial score (nSPS) is 21.0. The molecule has 3 nitrogen and oxygen atoms in total. The number of aliphatic imine (C=N–C) groups is 1. The van der Waals surface area contributed by atoms with Gasteiger partial charge in [0.25, 0.3) is 0 Å². The van der Waals surface area contributed by atoms with E-state index in [2.05, 4.69) is 35.2 Å². The van der Waals surface area contributed by atoms with Crippen LogP contribution in [0.5, 0.6) is 0 Å². The number of nitrogens with one attached hydrogen (secondary N) is 1. The maximum Gasteiger partial charge on any atom is 0.157 e. The van der Waals surface area contributed by atoms with Gasteiger partial charge in [0, 0.05) is 30.2 Å². The first-order valence-electron chi connectivity index (χ1n) is 5.50. The Morgan fingerprint density at radius 3 is 3.06 bits per heavy atom. The lowest BCUT2D eigenvalue weighted by Gasteiger charge is -2.15. The van der Waals surface area contributed by atoms with Crippen molar-refractivity contribution < 1.29 is 0 Å². The molecule has 1 aliphatic rings. The third-order valence-electron chi connectivity index (χ3n) is 2.39. The highest BCUT2D eigenvalue weighted by Gasteiger charge is 2.26. The van der Waals surface area contributed by atoms with Crippen LogP contribution in [0.4, 0.5) is 0 Å². The van der Waals surface area contributed by atoms with E-state index in [4.69, 9.17) is 0 Å². The molecule has 0 aliphatic carbocycles. The first-order valence-corrected chi connectivity index (χ1v) is 6.49. The molecule has 16 heavy (non-hydrogen) atoms. The van der Waals surface area contributed by atoms with Crippen LogP contribution in [-0.4, -0.2) is 28.0 Å². The van der Waals surface area contributed by atoms with E-state index in [0.717, 1.165) is 23.9 Å². The molecule has 1 aromatic heterocycles. The highest BCUT2D eigenvalue weighted by atomic mass is 32.2. The van der Waals surface area contributed by atoms with Crippen LogP contribution in [0.1, 0.15) is 19.4 Å². The smallest absolute Gasteiger partial charge is 0.157 e. The van der Waals surface area contributed by atoms with Crippen LogP contribution in [-0.2, 0) is 6.42 Å². The molecule has 2 rings (SSSR count). The van der Waals surface area contributed by atoms with Gasteiger partial charge in [0.1, 0.15) is 0 Å². The number of thioether (sulfide) groups is 1. The molecule has 0 radical (unpaired) electrons. The molecule has 2 heterocycles. The van der Waals surface area contributed by atoms with Gasteiger partial charge in [0.2, 0.25) is 0 Å². The highest BCUT2D eigenvalue weighted by molar-refractivity contribution is 8.14. The second-order valence-corrected chi connectivity index (χ2v) is 5.56. The molecule has 1 aliphatic heterocycles. The molecule has 4 heteroatoms. The van der Waals surface area contributed by atoms with E-state index in [1.807, 2.05) is 24.0 Å². The summed E-state index contributed by atoms with van der Waals surface area (Å²) in [6.07, 6.45) is 4.66. The van der Waals surface area contributed by atoms with Crippen molar-refractivity contribution in [2.24, 2.45) is 4.99 Å². The zero-order valence-corrected chi connectivity index (χ0v) is 10.5. The van der Waals surface area contributed by atoms with Crippen LogP contribution < -0.4 is 5.32 Å². The summed E-state index contributed by atoms with van der Waals surface area (Å²) in [6, 6.07) is 4.06. The third kappa shape index (κ3) is 3.23. The molecular formula is C12H17N3S. The quantitative estimate of drug-likeness (QED) is 0.871. The Balaban J connectivity index is 1.82. The lowest BCUT2D eigenvalue weighted by atomic mass is 10.1. The summed E-state index contributed by atoms with van der Waals surface area (Å²) in [5.74, 6) is 1.10. The summed E-state index contributed by atoms with van der Waals surface area (Å²) in [5, 5.41) is 4.49. The molecule has 1 fully saturated rings. The van der Waals surface area contributed by atoms with E-state index in [-0.39, 0.29) is 5.54 Å². The Hall–Kier alpha value is -1.03. The lowest BCUT2D eigenvalue weighted by molar-refractivity contribution is 0.536. The maximum absolute atomic E-state index is 4.55. The highest BCUT2D eigenvalue weighted by Crippen LogP contribution is 2.21. The molecule has 0 unspecified atom stereocenters. The van der Waals surface area contributed by atoms with Crippen molar-refractivity contribution in [3.63, 3.8) is 0 Å². The molecule has 0 amide bonds. The van der Waals surface area contributed by atoms with Gasteiger partial charge in [0.15, 0.2) is 5.17 Å². The topological polar surface area (TPSA) is 37.3 Å². The average Bonchev–Trinajstić information content (AvgIpc) is 2.60. The monoisotopic (exact) mass is 235 g/mol. The van der Waals surface area contributed by atoms with Crippen LogP contribution >= 0.6 is 11.8 Å². The van der Waals surface area contributed by atoms with Gasteiger partial charge >= 0.3 is 0 Å². The number of pyridine rings is 1. The SMILES string of the molecule is CC1(C)CSC(=NCCc2cccnc2)N1. The first kappa shape index (κ1) is 11.5. The Morgan fingerprint density at radius 2 is 2.44 bits per heavy atom. The second kappa shape index (κ2) is 4.87. The van der Waals surface area contributed by atoms with Crippen LogP contribution in [0.2, 0.25) is 0 Å². The fourth-order valence-electron chi connectivity index (χ4n) is 1.53.